The lowest BCUT2D eigenvalue weighted by atomic mass is 10.2. The number of methoxy groups -OCH3 is 1. The van der Waals surface area contributed by atoms with Gasteiger partial charge in [0.25, 0.3) is 0 Å². The minimum Gasteiger partial charge on any atom is -0.495 e. The summed E-state index contributed by atoms with van der Waals surface area (Å²) in [6.45, 7) is 6.77. The van der Waals surface area contributed by atoms with Gasteiger partial charge in [-0.15, -0.1) is 0 Å². The van der Waals surface area contributed by atoms with Gasteiger partial charge in [0.1, 0.15) is 5.75 Å². The largest absolute Gasteiger partial charge is 0.495 e. The van der Waals surface area contributed by atoms with Gasteiger partial charge in [-0.3, -0.25) is 4.90 Å². The first-order valence-electron chi connectivity index (χ1n) is 9.77. The van der Waals surface area contributed by atoms with Gasteiger partial charge in [0.2, 0.25) is 10.0 Å². The van der Waals surface area contributed by atoms with Crippen LogP contribution in [0, 0.1) is 6.92 Å². The maximum atomic E-state index is 12.5. The molecule has 0 bridgehead atoms. The first-order chi connectivity index (χ1) is 13.9. The van der Waals surface area contributed by atoms with Crippen LogP contribution in [0.5, 0.6) is 5.75 Å². The van der Waals surface area contributed by atoms with Crippen LogP contribution in [0.2, 0.25) is 5.02 Å². The molecule has 0 aromatic heterocycles. The number of anilines is 1. The normalized spacial score (nSPS) is 15.5. The van der Waals surface area contributed by atoms with Crippen LogP contribution < -0.4 is 14.4 Å². The predicted molar refractivity (Wildman–Crippen MR) is 118 cm³/mol. The number of hydrogen-bond donors (Lipinski definition) is 1. The van der Waals surface area contributed by atoms with E-state index in [0.29, 0.717) is 17.1 Å². The Labute approximate surface area is 178 Å². The van der Waals surface area contributed by atoms with Crippen LogP contribution in [0.1, 0.15) is 12.0 Å². The molecule has 1 aliphatic rings. The smallest absolute Gasteiger partial charge is 0.240 e. The van der Waals surface area contributed by atoms with Crippen LogP contribution in [0.3, 0.4) is 0 Å². The molecule has 0 atom stereocenters. The zero-order valence-electron chi connectivity index (χ0n) is 16.9. The van der Waals surface area contributed by atoms with Gasteiger partial charge in [-0.05, 0) is 49.7 Å². The highest BCUT2D eigenvalue weighted by molar-refractivity contribution is 7.89. The number of aryl methyl sites for hydroxylation is 1. The fourth-order valence-corrected chi connectivity index (χ4v) is 5.13. The van der Waals surface area contributed by atoms with Crippen molar-refractivity contribution in [1.29, 1.82) is 0 Å². The van der Waals surface area contributed by atoms with E-state index in [-0.39, 0.29) is 4.90 Å². The highest BCUT2D eigenvalue weighted by Crippen LogP contribution is 2.28. The Bertz CT molecular complexity index is 929. The number of rotatable bonds is 8. The maximum absolute atomic E-state index is 12.5. The van der Waals surface area contributed by atoms with Crippen molar-refractivity contribution in [3.8, 4) is 5.75 Å². The van der Waals surface area contributed by atoms with Crippen molar-refractivity contribution in [3.63, 3.8) is 0 Å². The van der Waals surface area contributed by atoms with E-state index in [9.17, 15) is 8.42 Å². The number of para-hydroxylation sites is 2. The van der Waals surface area contributed by atoms with Gasteiger partial charge in [0, 0.05) is 37.7 Å². The number of sulfonamides is 1. The lowest BCUT2D eigenvalue weighted by Crippen LogP contribution is -2.47. The van der Waals surface area contributed by atoms with E-state index in [1.165, 1.54) is 6.07 Å². The third-order valence-electron chi connectivity index (χ3n) is 5.18. The molecule has 0 amide bonds. The topological polar surface area (TPSA) is 61.9 Å². The van der Waals surface area contributed by atoms with Crippen LogP contribution >= 0.6 is 11.6 Å². The van der Waals surface area contributed by atoms with Crippen molar-refractivity contribution < 1.29 is 13.2 Å². The molecule has 2 aromatic rings. The zero-order valence-corrected chi connectivity index (χ0v) is 18.5. The molecule has 0 spiro atoms. The summed E-state index contributed by atoms with van der Waals surface area (Å²) in [5.74, 6) is 0.895. The van der Waals surface area contributed by atoms with Crippen LogP contribution in [-0.4, -0.2) is 59.7 Å². The van der Waals surface area contributed by atoms with E-state index >= 15 is 0 Å². The van der Waals surface area contributed by atoms with Gasteiger partial charge < -0.3 is 9.64 Å². The predicted octanol–water partition coefficient (Wildman–Crippen LogP) is 3.15. The minimum absolute atomic E-state index is 0.246. The van der Waals surface area contributed by atoms with Crippen molar-refractivity contribution in [2.75, 3.05) is 51.3 Å². The lowest BCUT2D eigenvalue weighted by Gasteiger charge is -2.36. The molecule has 1 saturated heterocycles. The van der Waals surface area contributed by atoms with Crippen LogP contribution in [0.4, 0.5) is 5.69 Å². The first kappa shape index (κ1) is 21.9. The number of hydrogen-bond acceptors (Lipinski definition) is 5. The average molecular weight is 438 g/mol. The molecular weight excluding hydrogens is 410 g/mol. The number of benzene rings is 2. The number of piperazine rings is 1. The maximum Gasteiger partial charge on any atom is 0.240 e. The summed E-state index contributed by atoms with van der Waals surface area (Å²) in [5, 5.41) is 0.420. The van der Waals surface area contributed by atoms with Crippen molar-refractivity contribution in [1.82, 2.24) is 9.62 Å². The highest BCUT2D eigenvalue weighted by Gasteiger charge is 2.20. The van der Waals surface area contributed by atoms with Gasteiger partial charge >= 0.3 is 0 Å². The molecule has 1 heterocycles. The molecular formula is C21H28ClN3O3S. The molecule has 0 radical (unpaired) electrons. The van der Waals surface area contributed by atoms with Crippen LogP contribution in [0.25, 0.3) is 0 Å². The number of ether oxygens (including phenoxy) is 1. The zero-order chi connectivity index (χ0) is 20.9. The monoisotopic (exact) mass is 437 g/mol. The van der Waals surface area contributed by atoms with Gasteiger partial charge in [-0.2, -0.15) is 0 Å². The standard InChI is InChI=1S/C21H28ClN3O3S/c1-17-8-9-18(22)16-21(17)29(26,27)23-10-5-11-24-12-14-25(15-13-24)19-6-3-4-7-20(19)28-2/h3-4,6-9,16,23H,5,10-15H2,1-2H3. The summed E-state index contributed by atoms with van der Waals surface area (Å²) < 4.78 is 33.2. The molecule has 2 aromatic carbocycles. The second kappa shape index (κ2) is 9.80. The van der Waals surface area contributed by atoms with Crippen LogP contribution in [0.15, 0.2) is 47.4 Å². The van der Waals surface area contributed by atoms with Crippen molar-refractivity contribution in [3.05, 3.63) is 53.1 Å². The van der Waals surface area contributed by atoms with Crippen molar-refractivity contribution >= 4 is 27.3 Å². The summed E-state index contributed by atoms with van der Waals surface area (Å²) in [7, 11) is -1.85. The molecule has 29 heavy (non-hydrogen) atoms. The summed E-state index contributed by atoms with van der Waals surface area (Å²) in [6.07, 6.45) is 0.757. The summed E-state index contributed by atoms with van der Waals surface area (Å²) in [5.41, 5.74) is 1.81. The summed E-state index contributed by atoms with van der Waals surface area (Å²) in [4.78, 5) is 4.94. The Morgan fingerprint density at radius 1 is 1.10 bits per heavy atom. The van der Waals surface area contributed by atoms with E-state index in [1.807, 2.05) is 18.2 Å². The highest BCUT2D eigenvalue weighted by atomic mass is 35.5. The Morgan fingerprint density at radius 2 is 1.83 bits per heavy atom. The lowest BCUT2D eigenvalue weighted by molar-refractivity contribution is 0.254. The van der Waals surface area contributed by atoms with Crippen LogP contribution in [-0.2, 0) is 10.0 Å². The number of nitrogens with one attached hydrogen (secondary N) is 1. The molecule has 1 N–H and O–H groups in total. The van der Waals surface area contributed by atoms with Crippen molar-refractivity contribution in [2.24, 2.45) is 0 Å². The SMILES string of the molecule is COc1ccccc1N1CCN(CCCNS(=O)(=O)c2cc(Cl)ccc2C)CC1. The molecule has 8 heteroatoms. The summed E-state index contributed by atoms with van der Waals surface area (Å²) in [6, 6.07) is 13.0. The third kappa shape index (κ3) is 5.63. The Kier molecular flexibility index (Phi) is 7.40. The Morgan fingerprint density at radius 3 is 2.55 bits per heavy atom. The molecule has 0 aliphatic carbocycles. The number of halogens is 1. The van der Waals surface area contributed by atoms with Gasteiger partial charge in [-0.1, -0.05) is 29.8 Å². The second-order valence-corrected chi connectivity index (χ2v) is 9.33. The minimum atomic E-state index is -3.54. The van der Waals surface area contributed by atoms with E-state index in [4.69, 9.17) is 16.3 Å². The van der Waals surface area contributed by atoms with Crippen molar-refractivity contribution in [2.45, 2.75) is 18.2 Å². The van der Waals surface area contributed by atoms with Gasteiger partial charge in [0.15, 0.2) is 0 Å². The summed E-state index contributed by atoms with van der Waals surface area (Å²) >= 11 is 5.95. The van der Waals surface area contributed by atoms with Gasteiger partial charge in [-0.25, -0.2) is 13.1 Å². The molecule has 0 saturated carbocycles. The molecule has 1 aliphatic heterocycles. The molecule has 158 valence electrons. The Hall–Kier alpha value is -1.80. The van der Waals surface area contributed by atoms with E-state index in [1.54, 1.807) is 26.2 Å². The van der Waals surface area contributed by atoms with E-state index in [2.05, 4.69) is 20.6 Å². The fourth-order valence-electron chi connectivity index (χ4n) is 3.55. The molecule has 6 nitrogen and oxygen atoms in total. The third-order valence-corrected chi connectivity index (χ3v) is 7.02. The van der Waals surface area contributed by atoms with Gasteiger partial charge in [0.05, 0.1) is 17.7 Å². The molecule has 0 unspecified atom stereocenters. The average Bonchev–Trinajstić information content (AvgIpc) is 2.73. The molecule has 3 rings (SSSR count). The number of nitrogens with zero attached hydrogens (tertiary/aromatic N) is 2. The first-order valence-corrected chi connectivity index (χ1v) is 11.6. The quantitative estimate of drug-likeness (QED) is 0.643. The fraction of sp³-hybridized carbons (Fsp3) is 0.429. The second-order valence-electron chi connectivity index (χ2n) is 7.16. The van der Waals surface area contributed by atoms with E-state index in [0.717, 1.165) is 50.6 Å². The Balaban J connectivity index is 1.45. The van der Waals surface area contributed by atoms with E-state index < -0.39 is 10.0 Å². The molecule has 1 fully saturated rings.